The molecule has 1 N–H and O–H groups in total. The summed E-state index contributed by atoms with van der Waals surface area (Å²) in [7, 11) is 1.31. The Balaban J connectivity index is 1.88. The molecule has 5 heteroatoms. The Morgan fingerprint density at radius 2 is 1.86 bits per heavy atom. The second kappa shape index (κ2) is 7.28. The molecule has 2 aromatic carbocycles. The van der Waals surface area contributed by atoms with Crippen LogP contribution in [-0.2, 0) is 16.1 Å². The van der Waals surface area contributed by atoms with E-state index in [0.717, 1.165) is 5.69 Å². The highest BCUT2D eigenvalue weighted by Gasteiger charge is 2.03. The second-order valence-corrected chi connectivity index (χ2v) is 4.33. The van der Waals surface area contributed by atoms with Gasteiger partial charge in [-0.15, -0.1) is 0 Å². The van der Waals surface area contributed by atoms with E-state index in [1.165, 1.54) is 13.2 Å². The molecule has 0 aliphatic heterocycles. The highest BCUT2D eigenvalue weighted by atomic mass is 19.1. The Hall–Kier alpha value is -2.56. The monoisotopic (exact) mass is 289 g/mol. The third kappa shape index (κ3) is 4.49. The van der Waals surface area contributed by atoms with Gasteiger partial charge in [-0.05, 0) is 30.3 Å². The maximum absolute atomic E-state index is 13.5. The van der Waals surface area contributed by atoms with Crippen LogP contribution in [0.1, 0.15) is 5.56 Å². The van der Waals surface area contributed by atoms with Gasteiger partial charge in [0.2, 0.25) is 0 Å². The molecular weight excluding hydrogens is 273 g/mol. The van der Waals surface area contributed by atoms with Crippen molar-refractivity contribution in [3.8, 4) is 5.75 Å². The number of rotatable bonds is 6. The molecule has 0 aromatic heterocycles. The van der Waals surface area contributed by atoms with E-state index in [-0.39, 0.29) is 12.4 Å². The predicted octanol–water partition coefficient (Wildman–Crippen LogP) is 2.99. The van der Waals surface area contributed by atoms with Gasteiger partial charge in [0.25, 0.3) is 0 Å². The van der Waals surface area contributed by atoms with E-state index in [2.05, 4.69) is 10.1 Å². The summed E-state index contributed by atoms with van der Waals surface area (Å²) < 4.78 is 23.2. The first-order chi connectivity index (χ1) is 10.2. The Bertz CT molecular complexity index is 599. The zero-order chi connectivity index (χ0) is 15.1. The molecule has 0 fully saturated rings. The van der Waals surface area contributed by atoms with E-state index < -0.39 is 5.97 Å². The van der Waals surface area contributed by atoms with E-state index in [1.807, 2.05) is 0 Å². The van der Waals surface area contributed by atoms with Crippen LogP contribution in [0.15, 0.2) is 48.5 Å². The number of hydrogen-bond donors (Lipinski definition) is 1. The van der Waals surface area contributed by atoms with E-state index in [1.54, 1.807) is 42.5 Å². The minimum atomic E-state index is -0.434. The maximum Gasteiger partial charge on any atom is 0.343 e. The smallest absolute Gasteiger partial charge is 0.343 e. The standard InChI is InChI=1S/C16H16FNO3/c1-20-16(19)11-21-14-8-6-13(7-9-14)18-10-12-4-2-3-5-15(12)17/h2-9,18H,10-11H2,1H3. The molecule has 21 heavy (non-hydrogen) atoms. The van der Waals surface area contributed by atoms with Crippen LogP contribution in [0, 0.1) is 5.82 Å². The number of hydrogen-bond acceptors (Lipinski definition) is 4. The van der Waals surface area contributed by atoms with Gasteiger partial charge in [-0.2, -0.15) is 0 Å². The van der Waals surface area contributed by atoms with Crippen LogP contribution in [0.4, 0.5) is 10.1 Å². The first-order valence-electron chi connectivity index (χ1n) is 6.46. The molecule has 4 nitrogen and oxygen atoms in total. The van der Waals surface area contributed by atoms with E-state index in [4.69, 9.17) is 4.74 Å². The van der Waals surface area contributed by atoms with Crippen LogP contribution in [0.3, 0.4) is 0 Å². The lowest BCUT2D eigenvalue weighted by Gasteiger charge is -2.09. The summed E-state index contributed by atoms with van der Waals surface area (Å²) in [5, 5.41) is 3.12. The van der Waals surface area contributed by atoms with Crippen molar-refractivity contribution in [1.29, 1.82) is 0 Å². The highest BCUT2D eigenvalue weighted by Crippen LogP contribution is 2.17. The highest BCUT2D eigenvalue weighted by molar-refractivity contribution is 5.70. The largest absolute Gasteiger partial charge is 0.482 e. The molecule has 0 heterocycles. The lowest BCUT2D eigenvalue weighted by atomic mass is 10.2. The molecule has 2 rings (SSSR count). The van der Waals surface area contributed by atoms with Crippen LogP contribution in [0.5, 0.6) is 5.75 Å². The molecule has 0 aliphatic carbocycles. The van der Waals surface area contributed by atoms with Gasteiger partial charge in [0.1, 0.15) is 11.6 Å². The van der Waals surface area contributed by atoms with Crippen molar-refractivity contribution < 1.29 is 18.7 Å². The first kappa shape index (κ1) is 14.8. The molecule has 0 saturated heterocycles. The van der Waals surface area contributed by atoms with Gasteiger partial charge in [-0.1, -0.05) is 18.2 Å². The SMILES string of the molecule is COC(=O)COc1ccc(NCc2ccccc2F)cc1. The summed E-state index contributed by atoms with van der Waals surface area (Å²) in [4.78, 5) is 10.9. The first-order valence-corrected chi connectivity index (χ1v) is 6.46. The predicted molar refractivity (Wildman–Crippen MR) is 77.7 cm³/mol. The average molecular weight is 289 g/mol. The lowest BCUT2D eigenvalue weighted by Crippen LogP contribution is -2.12. The summed E-state index contributed by atoms with van der Waals surface area (Å²) >= 11 is 0. The molecule has 0 radical (unpaired) electrons. The summed E-state index contributed by atoms with van der Waals surface area (Å²) in [6.07, 6.45) is 0. The van der Waals surface area contributed by atoms with Gasteiger partial charge in [0.15, 0.2) is 6.61 Å². The van der Waals surface area contributed by atoms with Crippen LogP contribution in [-0.4, -0.2) is 19.7 Å². The van der Waals surface area contributed by atoms with Crippen LogP contribution in [0.25, 0.3) is 0 Å². The van der Waals surface area contributed by atoms with Crippen molar-refractivity contribution in [3.63, 3.8) is 0 Å². The van der Waals surface area contributed by atoms with Crippen LogP contribution in [0.2, 0.25) is 0 Å². The van der Waals surface area contributed by atoms with Gasteiger partial charge in [0.05, 0.1) is 7.11 Å². The van der Waals surface area contributed by atoms with Gasteiger partial charge in [-0.3, -0.25) is 0 Å². The Morgan fingerprint density at radius 3 is 2.52 bits per heavy atom. The second-order valence-electron chi connectivity index (χ2n) is 4.33. The fraction of sp³-hybridized carbons (Fsp3) is 0.188. The van der Waals surface area contributed by atoms with Crippen molar-refractivity contribution in [2.75, 3.05) is 19.0 Å². The molecule has 0 spiro atoms. The van der Waals surface area contributed by atoms with Crippen LogP contribution >= 0.6 is 0 Å². The molecule has 0 saturated carbocycles. The molecule has 0 amide bonds. The number of benzene rings is 2. The number of methoxy groups -OCH3 is 1. The van der Waals surface area contributed by atoms with E-state index in [9.17, 15) is 9.18 Å². The summed E-state index contributed by atoms with van der Waals surface area (Å²) in [6, 6.07) is 13.7. The number of anilines is 1. The van der Waals surface area contributed by atoms with Crippen molar-refractivity contribution in [3.05, 3.63) is 59.9 Å². The molecule has 0 unspecified atom stereocenters. The van der Waals surface area contributed by atoms with Crippen molar-refractivity contribution >= 4 is 11.7 Å². The normalized spacial score (nSPS) is 10.0. The quantitative estimate of drug-likeness (QED) is 0.831. The topological polar surface area (TPSA) is 47.6 Å². The number of halogens is 1. The van der Waals surface area contributed by atoms with Gasteiger partial charge < -0.3 is 14.8 Å². The zero-order valence-electron chi connectivity index (χ0n) is 11.6. The van der Waals surface area contributed by atoms with Crippen molar-refractivity contribution in [1.82, 2.24) is 0 Å². The maximum atomic E-state index is 13.5. The van der Waals surface area contributed by atoms with Crippen LogP contribution < -0.4 is 10.1 Å². The minimum Gasteiger partial charge on any atom is -0.482 e. The third-order valence-corrected chi connectivity index (χ3v) is 2.88. The third-order valence-electron chi connectivity index (χ3n) is 2.88. The average Bonchev–Trinajstić information content (AvgIpc) is 2.53. The zero-order valence-corrected chi connectivity index (χ0v) is 11.6. The molecule has 0 aliphatic rings. The van der Waals surface area contributed by atoms with Crippen molar-refractivity contribution in [2.45, 2.75) is 6.54 Å². The van der Waals surface area contributed by atoms with Gasteiger partial charge in [0, 0.05) is 17.8 Å². The lowest BCUT2D eigenvalue weighted by molar-refractivity contribution is -0.142. The van der Waals surface area contributed by atoms with E-state index >= 15 is 0 Å². The Morgan fingerprint density at radius 1 is 1.14 bits per heavy atom. The Labute approximate surface area is 122 Å². The van der Waals surface area contributed by atoms with Gasteiger partial charge >= 0.3 is 5.97 Å². The number of esters is 1. The molecule has 0 bridgehead atoms. The van der Waals surface area contributed by atoms with Gasteiger partial charge in [-0.25, -0.2) is 9.18 Å². The fourth-order valence-electron chi connectivity index (χ4n) is 1.71. The Kier molecular flexibility index (Phi) is 5.15. The van der Waals surface area contributed by atoms with Crippen molar-refractivity contribution in [2.24, 2.45) is 0 Å². The number of ether oxygens (including phenoxy) is 2. The molecule has 110 valence electrons. The summed E-state index contributed by atoms with van der Waals surface area (Å²) in [5.41, 5.74) is 1.44. The number of carbonyl (C=O) groups excluding carboxylic acids is 1. The fourth-order valence-corrected chi connectivity index (χ4v) is 1.71. The summed E-state index contributed by atoms with van der Waals surface area (Å²) in [5.74, 6) is -0.100. The molecule has 0 atom stereocenters. The molecular formula is C16H16FNO3. The molecule has 2 aromatic rings. The summed E-state index contributed by atoms with van der Waals surface area (Å²) in [6.45, 7) is 0.271. The van der Waals surface area contributed by atoms with E-state index in [0.29, 0.717) is 17.9 Å². The number of nitrogens with one attached hydrogen (secondary N) is 1. The minimum absolute atomic E-state index is 0.126. The number of carbonyl (C=O) groups is 1.